The quantitative estimate of drug-likeness (QED) is 0.835. The maximum absolute atomic E-state index is 11.7. The summed E-state index contributed by atoms with van der Waals surface area (Å²) in [4.78, 5) is 27.8. The van der Waals surface area contributed by atoms with Crippen LogP contribution in [0.3, 0.4) is 0 Å². The fourth-order valence-corrected chi connectivity index (χ4v) is 1.97. The summed E-state index contributed by atoms with van der Waals surface area (Å²) in [5, 5.41) is 11.3. The second-order valence-electron chi connectivity index (χ2n) is 4.72. The smallest absolute Gasteiger partial charge is 0.317 e. The highest BCUT2D eigenvalue weighted by Gasteiger charge is 2.09. The number of urea groups is 1. The lowest BCUT2D eigenvalue weighted by Crippen LogP contribution is -2.39. The Labute approximate surface area is 122 Å². The van der Waals surface area contributed by atoms with Crippen molar-refractivity contribution in [3.63, 3.8) is 0 Å². The lowest BCUT2D eigenvalue weighted by molar-refractivity contribution is -0.137. The van der Waals surface area contributed by atoms with Crippen molar-refractivity contribution in [1.82, 2.24) is 19.8 Å². The summed E-state index contributed by atoms with van der Waals surface area (Å²) >= 11 is 0. The average Bonchev–Trinajstić information content (AvgIpc) is 2.88. The number of para-hydroxylation sites is 2. The Morgan fingerprint density at radius 2 is 2.14 bits per heavy atom. The molecule has 0 aliphatic heterocycles. The number of carboxylic acid groups (broad SMARTS) is 1. The molecule has 0 aliphatic rings. The zero-order valence-electron chi connectivity index (χ0n) is 11.8. The number of nitrogens with one attached hydrogen (secondary N) is 1. The summed E-state index contributed by atoms with van der Waals surface area (Å²) in [6.07, 6.45) is 1.68. The van der Waals surface area contributed by atoms with E-state index in [0.29, 0.717) is 13.1 Å². The third-order valence-electron chi connectivity index (χ3n) is 3.16. The third-order valence-corrected chi connectivity index (χ3v) is 3.16. The van der Waals surface area contributed by atoms with Crippen molar-refractivity contribution < 1.29 is 14.7 Å². The number of carbonyl (C=O) groups is 2. The summed E-state index contributed by atoms with van der Waals surface area (Å²) in [6, 6.07) is 7.51. The zero-order valence-corrected chi connectivity index (χ0v) is 11.8. The fourth-order valence-electron chi connectivity index (χ4n) is 1.97. The van der Waals surface area contributed by atoms with Gasteiger partial charge in [-0.25, -0.2) is 9.78 Å². The molecular weight excluding hydrogens is 272 g/mol. The number of amides is 2. The van der Waals surface area contributed by atoms with Crippen LogP contribution in [0.15, 0.2) is 30.6 Å². The molecule has 0 radical (unpaired) electrons. The number of aromatic nitrogens is 2. The Bertz CT molecular complexity index is 638. The van der Waals surface area contributed by atoms with Gasteiger partial charge in [-0.15, -0.1) is 0 Å². The number of carbonyl (C=O) groups excluding carboxylic acids is 1. The molecule has 1 aromatic carbocycles. The van der Waals surface area contributed by atoms with Crippen LogP contribution in [0.4, 0.5) is 4.79 Å². The van der Waals surface area contributed by atoms with Crippen molar-refractivity contribution in [3.05, 3.63) is 30.6 Å². The van der Waals surface area contributed by atoms with E-state index in [1.54, 1.807) is 13.4 Å². The van der Waals surface area contributed by atoms with E-state index in [2.05, 4.69) is 10.3 Å². The predicted molar refractivity (Wildman–Crippen MR) is 78.0 cm³/mol. The number of nitrogens with zero attached hydrogens (tertiary/aromatic N) is 3. The zero-order chi connectivity index (χ0) is 15.2. The lowest BCUT2D eigenvalue weighted by Gasteiger charge is -2.17. The molecular formula is C14H18N4O3. The molecule has 0 atom stereocenters. The normalized spacial score (nSPS) is 10.5. The van der Waals surface area contributed by atoms with Gasteiger partial charge in [0, 0.05) is 26.7 Å². The van der Waals surface area contributed by atoms with Crippen LogP contribution in [0.25, 0.3) is 11.0 Å². The van der Waals surface area contributed by atoms with E-state index >= 15 is 0 Å². The molecule has 21 heavy (non-hydrogen) atoms. The molecule has 2 amide bonds. The minimum atomic E-state index is -0.917. The molecule has 112 valence electrons. The first-order valence-corrected chi connectivity index (χ1v) is 6.68. The fraction of sp³-hybridized carbons (Fsp3) is 0.357. The Morgan fingerprint density at radius 3 is 2.90 bits per heavy atom. The minimum absolute atomic E-state index is 0.0594. The number of benzene rings is 1. The number of fused-ring (bicyclic) bond motifs is 1. The monoisotopic (exact) mass is 290 g/mol. The van der Waals surface area contributed by atoms with Gasteiger partial charge in [0.25, 0.3) is 0 Å². The van der Waals surface area contributed by atoms with Crippen LogP contribution < -0.4 is 5.32 Å². The summed E-state index contributed by atoms with van der Waals surface area (Å²) in [7, 11) is 1.57. The van der Waals surface area contributed by atoms with Gasteiger partial charge in [-0.3, -0.25) is 4.79 Å². The number of aliphatic carboxylic acids is 1. The first kappa shape index (κ1) is 14.8. The van der Waals surface area contributed by atoms with Gasteiger partial charge in [0.15, 0.2) is 0 Å². The molecule has 0 spiro atoms. The van der Waals surface area contributed by atoms with Gasteiger partial charge in [0.2, 0.25) is 0 Å². The standard InChI is InChI=1S/C14H18N4O3/c1-17(8-6-13(19)20)14(21)15-7-9-18-10-16-11-4-2-3-5-12(11)18/h2-5,10H,6-9H2,1H3,(H,15,21)(H,19,20). The number of imidazole rings is 1. The van der Waals surface area contributed by atoms with E-state index in [9.17, 15) is 9.59 Å². The van der Waals surface area contributed by atoms with Gasteiger partial charge < -0.3 is 19.9 Å². The Kier molecular flexibility index (Phi) is 4.76. The second kappa shape index (κ2) is 6.74. The summed E-state index contributed by atoms with van der Waals surface area (Å²) in [5.41, 5.74) is 1.94. The maximum Gasteiger partial charge on any atom is 0.317 e. The molecule has 0 aliphatic carbocycles. The highest BCUT2D eigenvalue weighted by atomic mass is 16.4. The minimum Gasteiger partial charge on any atom is -0.481 e. The first-order valence-electron chi connectivity index (χ1n) is 6.68. The van der Waals surface area contributed by atoms with Gasteiger partial charge in [-0.2, -0.15) is 0 Å². The van der Waals surface area contributed by atoms with Crippen molar-refractivity contribution >= 4 is 23.0 Å². The van der Waals surface area contributed by atoms with Crippen molar-refractivity contribution in [3.8, 4) is 0 Å². The molecule has 0 unspecified atom stereocenters. The van der Waals surface area contributed by atoms with Gasteiger partial charge >= 0.3 is 12.0 Å². The van der Waals surface area contributed by atoms with Gasteiger partial charge in [0.1, 0.15) is 0 Å². The summed E-state index contributed by atoms with van der Waals surface area (Å²) < 4.78 is 1.97. The highest BCUT2D eigenvalue weighted by Crippen LogP contribution is 2.10. The molecule has 0 saturated heterocycles. The second-order valence-corrected chi connectivity index (χ2v) is 4.72. The SMILES string of the molecule is CN(CCC(=O)O)C(=O)NCCn1cnc2ccccc21. The molecule has 2 aromatic rings. The highest BCUT2D eigenvalue weighted by molar-refractivity contribution is 5.76. The third kappa shape index (κ3) is 3.95. The molecule has 2 rings (SSSR count). The topological polar surface area (TPSA) is 87.5 Å². The molecule has 7 nitrogen and oxygen atoms in total. The van der Waals surface area contributed by atoms with Crippen LogP contribution in [-0.2, 0) is 11.3 Å². The van der Waals surface area contributed by atoms with E-state index in [1.807, 2.05) is 28.8 Å². The molecule has 0 saturated carbocycles. The van der Waals surface area contributed by atoms with Crippen molar-refractivity contribution in [2.45, 2.75) is 13.0 Å². The van der Waals surface area contributed by atoms with Crippen LogP contribution in [0, 0.1) is 0 Å². The van der Waals surface area contributed by atoms with Gasteiger partial charge in [0.05, 0.1) is 23.8 Å². The lowest BCUT2D eigenvalue weighted by atomic mass is 10.3. The van der Waals surface area contributed by atoms with Crippen LogP contribution >= 0.6 is 0 Å². The van der Waals surface area contributed by atoms with Crippen LogP contribution in [0.2, 0.25) is 0 Å². The van der Waals surface area contributed by atoms with E-state index in [0.717, 1.165) is 11.0 Å². The van der Waals surface area contributed by atoms with Crippen LogP contribution in [0.5, 0.6) is 0 Å². The average molecular weight is 290 g/mol. The van der Waals surface area contributed by atoms with E-state index in [4.69, 9.17) is 5.11 Å². The maximum atomic E-state index is 11.7. The van der Waals surface area contributed by atoms with Crippen molar-refractivity contribution in [2.24, 2.45) is 0 Å². The van der Waals surface area contributed by atoms with Crippen molar-refractivity contribution in [1.29, 1.82) is 0 Å². The Morgan fingerprint density at radius 1 is 1.38 bits per heavy atom. The number of hydrogen-bond donors (Lipinski definition) is 2. The summed E-state index contributed by atoms with van der Waals surface area (Å²) in [5.74, 6) is -0.917. The van der Waals surface area contributed by atoms with Crippen molar-refractivity contribution in [2.75, 3.05) is 20.1 Å². The molecule has 0 bridgehead atoms. The summed E-state index contributed by atoms with van der Waals surface area (Å²) in [6.45, 7) is 1.25. The molecule has 2 N–H and O–H groups in total. The first-order chi connectivity index (χ1) is 10.1. The number of hydrogen-bond acceptors (Lipinski definition) is 3. The van der Waals surface area contributed by atoms with Gasteiger partial charge in [-0.05, 0) is 12.1 Å². The molecule has 1 heterocycles. The largest absolute Gasteiger partial charge is 0.481 e. The Balaban J connectivity index is 1.81. The van der Waals surface area contributed by atoms with E-state index < -0.39 is 5.97 Å². The van der Waals surface area contributed by atoms with Crippen LogP contribution in [0.1, 0.15) is 6.42 Å². The molecule has 7 heteroatoms. The predicted octanol–water partition coefficient (Wildman–Crippen LogP) is 1.15. The Hall–Kier alpha value is -2.57. The molecule has 1 aromatic heterocycles. The number of rotatable bonds is 6. The van der Waals surface area contributed by atoms with E-state index in [1.165, 1.54) is 4.90 Å². The van der Waals surface area contributed by atoms with E-state index in [-0.39, 0.29) is 19.0 Å². The van der Waals surface area contributed by atoms with Crippen LogP contribution in [-0.4, -0.2) is 51.7 Å². The van der Waals surface area contributed by atoms with Gasteiger partial charge in [-0.1, -0.05) is 12.1 Å². The molecule has 0 fully saturated rings. The number of carboxylic acids is 1.